The van der Waals surface area contributed by atoms with Crippen molar-refractivity contribution in [2.75, 3.05) is 0 Å². The molecule has 2 amide bonds. The van der Waals surface area contributed by atoms with Gasteiger partial charge >= 0.3 is 11.9 Å². The number of carboxylic acid groups (broad SMARTS) is 2. The Kier molecular flexibility index (Phi) is 33.3. The first-order valence-electron chi connectivity index (χ1n) is 28.8. The fourth-order valence-electron chi connectivity index (χ4n) is 11.6. The molecule has 10 heteroatoms. The maximum Gasteiger partial charge on any atom is 0.329 e. The molecular weight excluding hydrogens is 909 g/mol. The molecule has 0 unspecified atom stereocenters. The van der Waals surface area contributed by atoms with Crippen LogP contribution in [0.5, 0.6) is 0 Å². The number of piperidine rings is 2. The maximum atomic E-state index is 13.9. The summed E-state index contributed by atoms with van der Waals surface area (Å²) in [7, 11) is 0. The van der Waals surface area contributed by atoms with Crippen LogP contribution in [0.2, 0.25) is 0 Å². The topological polar surface area (TPSA) is 115 Å². The Labute approximate surface area is 440 Å². The molecule has 2 saturated heterocycles. The molecule has 70 heavy (non-hydrogen) atoms. The summed E-state index contributed by atoms with van der Waals surface area (Å²) in [6.07, 6.45) is 46.2. The van der Waals surface area contributed by atoms with Crippen LogP contribution in [0.25, 0.3) is 0 Å². The van der Waals surface area contributed by atoms with Crippen molar-refractivity contribution in [2.24, 2.45) is 0 Å². The van der Waals surface area contributed by atoms with Crippen LogP contribution in [0.3, 0.4) is 0 Å². The number of nitrogens with zero attached hydrogens (tertiary/aromatic N) is 2. The Morgan fingerprint density at radius 3 is 0.943 bits per heavy atom. The molecule has 0 atom stereocenters. The minimum Gasteiger partial charge on any atom is -0.481 e. The summed E-state index contributed by atoms with van der Waals surface area (Å²) >= 11 is 3.20. The molecule has 0 radical (unpaired) electrons. The van der Waals surface area contributed by atoms with E-state index in [0.717, 1.165) is 64.2 Å². The molecule has 0 aromatic heterocycles. The molecule has 2 aliphatic heterocycles. The lowest BCUT2D eigenvalue weighted by Gasteiger charge is -2.57. The Balaban J connectivity index is 0.00000464. The lowest BCUT2D eigenvalue weighted by Crippen LogP contribution is -2.64. The standard InChI is InChI=1S/C57H104N2O4S2.C3H6O2/c1-12-14-16-18-20-22-24-26-28-30-32-34-36-38-40-42-50(60)58-53(3,4)44-48(45-54(58,5)6)64-57(11,52(62)63)65-49-46-55(7,8)59(56(9,10)47-49)51(61)43-41-39-37-35-33-31-29-27-25-23-21-19-17-15-13-2;1-2-3(4)5/h26-29,48-49H,12-25,30-47H2,1-11H3,(H,62,63);2H2,1H3,(H,4,5). The molecule has 0 bridgehead atoms. The fraction of sp³-hybridized carbons (Fsp3) is 0.867. The highest BCUT2D eigenvalue weighted by atomic mass is 32.2. The summed E-state index contributed by atoms with van der Waals surface area (Å²) < 4.78 is -1.04. The summed E-state index contributed by atoms with van der Waals surface area (Å²) in [5, 5.41) is 18.8. The molecule has 2 fully saturated rings. The highest BCUT2D eigenvalue weighted by molar-refractivity contribution is 8.19. The van der Waals surface area contributed by atoms with E-state index in [9.17, 15) is 24.3 Å². The van der Waals surface area contributed by atoms with Gasteiger partial charge in [-0.1, -0.05) is 148 Å². The normalized spacial score (nSPS) is 18.7. The zero-order valence-corrected chi connectivity index (χ0v) is 49.2. The minimum absolute atomic E-state index is 0.103. The van der Waals surface area contributed by atoms with E-state index >= 15 is 0 Å². The van der Waals surface area contributed by atoms with Crippen LogP contribution in [0, 0.1) is 0 Å². The third kappa shape index (κ3) is 26.8. The van der Waals surface area contributed by atoms with Gasteiger partial charge in [0.1, 0.15) is 0 Å². The first kappa shape index (κ1) is 66.1. The van der Waals surface area contributed by atoms with Crippen molar-refractivity contribution in [3.63, 3.8) is 0 Å². The van der Waals surface area contributed by atoms with Gasteiger partial charge in [0.15, 0.2) is 4.08 Å². The van der Waals surface area contributed by atoms with E-state index in [1.54, 1.807) is 30.4 Å². The van der Waals surface area contributed by atoms with Gasteiger partial charge in [-0.15, -0.1) is 23.5 Å². The molecule has 0 aliphatic carbocycles. The van der Waals surface area contributed by atoms with E-state index in [-0.39, 0.29) is 50.9 Å². The number of thioether (sulfide) groups is 2. The van der Waals surface area contributed by atoms with Crippen LogP contribution in [0.15, 0.2) is 24.3 Å². The average Bonchev–Trinajstić information content (AvgIpc) is 3.24. The Morgan fingerprint density at radius 2 is 0.700 bits per heavy atom. The lowest BCUT2D eigenvalue weighted by atomic mass is 9.79. The van der Waals surface area contributed by atoms with Crippen LogP contribution in [-0.4, -0.2) is 80.5 Å². The van der Waals surface area contributed by atoms with Gasteiger partial charge in [-0.3, -0.25) is 14.4 Å². The van der Waals surface area contributed by atoms with Crippen molar-refractivity contribution in [1.29, 1.82) is 0 Å². The molecule has 8 nitrogen and oxygen atoms in total. The quantitative estimate of drug-likeness (QED) is 0.0362. The minimum atomic E-state index is -1.04. The Morgan fingerprint density at radius 1 is 0.457 bits per heavy atom. The summed E-state index contributed by atoms with van der Waals surface area (Å²) in [6, 6.07) is 0. The Hall–Kier alpha value is -1.94. The number of amides is 2. The van der Waals surface area contributed by atoms with Crippen molar-refractivity contribution in [2.45, 2.75) is 332 Å². The highest BCUT2D eigenvalue weighted by Gasteiger charge is 2.53. The molecule has 0 aromatic rings. The van der Waals surface area contributed by atoms with Crippen molar-refractivity contribution < 1.29 is 29.4 Å². The number of rotatable bonds is 36. The third-order valence-corrected chi connectivity index (χ3v) is 17.8. The molecule has 2 aliphatic rings. The van der Waals surface area contributed by atoms with Crippen LogP contribution in [0.1, 0.15) is 295 Å². The predicted molar refractivity (Wildman–Crippen MR) is 304 cm³/mol. The van der Waals surface area contributed by atoms with Crippen molar-refractivity contribution in [3.05, 3.63) is 24.3 Å². The molecule has 2 heterocycles. The zero-order chi connectivity index (χ0) is 52.7. The van der Waals surface area contributed by atoms with Crippen LogP contribution < -0.4 is 0 Å². The van der Waals surface area contributed by atoms with Crippen molar-refractivity contribution in [3.8, 4) is 0 Å². The number of aliphatic carboxylic acids is 2. The summed E-state index contributed by atoms with van der Waals surface area (Å²) in [5.74, 6) is -1.06. The van der Waals surface area contributed by atoms with Gasteiger partial charge < -0.3 is 20.0 Å². The van der Waals surface area contributed by atoms with Gasteiger partial charge in [-0.25, -0.2) is 4.79 Å². The smallest absolute Gasteiger partial charge is 0.329 e. The molecule has 408 valence electrons. The van der Waals surface area contributed by atoms with Crippen molar-refractivity contribution in [1.82, 2.24) is 9.80 Å². The van der Waals surface area contributed by atoms with E-state index < -0.39 is 16.0 Å². The predicted octanol–water partition coefficient (Wildman–Crippen LogP) is 17.9. The van der Waals surface area contributed by atoms with E-state index in [2.05, 4.69) is 103 Å². The third-order valence-electron chi connectivity index (χ3n) is 14.6. The van der Waals surface area contributed by atoms with E-state index in [4.69, 9.17) is 5.11 Å². The highest BCUT2D eigenvalue weighted by Crippen LogP contribution is 2.54. The summed E-state index contributed by atoms with van der Waals surface area (Å²) in [5.41, 5.74) is -1.49. The number of allylic oxidation sites excluding steroid dienone is 4. The second-order valence-corrected chi connectivity index (χ2v) is 27.4. The SMILES string of the molecule is CCC(=O)O.CCCCCCCCC=CCCCCCCCC(=O)N1C(C)(C)CC(SC(C)(SC2CC(C)(C)N(C(=O)CCCCCCCC=CCCCCCCCC)C(C)(C)C2)C(=O)O)CC1(C)C. The van der Waals surface area contributed by atoms with Crippen molar-refractivity contribution >= 4 is 47.3 Å². The largest absolute Gasteiger partial charge is 0.481 e. The van der Waals surface area contributed by atoms with Gasteiger partial charge in [0, 0.05) is 51.9 Å². The maximum absolute atomic E-state index is 13.9. The van der Waals surface area contributed by atoms with Gasteiger partial charge in [0.2, 0.25) is 11.8 Å². The van der Waals surface area contributed by atoms with E-state index in [0.29, 0.717) is 12.8 Å². The second kappa shape index (κ2) is 35.3. The number of carboxylic acids is 2. The number of likely N-dealkylation sites (tertiary alicyclic amines) is 2. The molecule has 0 spiro atoms. The number of hydrogen-bond donors (Lipinski definition) is 2. The number of carbonyl (C=O) groups is 4. The van der Waals surface area contributed by atoms with Crippen LogP contribution in [-0.2, 0) is 19.2 Å². The summed E-state index contributed by atoms with van der Waals surface area (Å²) in [4.78, 5) is 54.7. The van der Waals surface area contributed by atoms with E-state index in [1.165, 1.54) is 128 Å². The molecule has 2 N–H and O–H groups in total. The molecule has 2 rings (SSSR count). The lowest BCUT2D eigenvalue weighted by molar-refractivity contribution is -0.149. The van der Waals surface area contributed by atoms with E-state index in [1.807, 2.05) is 6.92 Å². The fourth-order valence-corrected chi connectivity index (χ4v) is 16.1. The monoisotopic (exact) mass is 1020 g/mol. The molecule has 0 saturated carbocycles. The van der Waals surface area contributed by atoms with Gasteiger partial charge in [0.05, 0.1) is 0 Å². The first-order chi connectivity index (χ1) is 33.0. The first-order valence-corrected chi connectivity index (χ1v) is 30.5. The Bertz CT molecular complexity index is 1390. The van der Waals surface area contributed by atoms with Gasteiger partial charge in [-0.05, 0) is 152 Å². The van der Waals surface area contributed by atoms with Gasteiger partial charge in [0.25, 0.3) is 0 Å². The summed E-state index contributed by atoms with van der Waals surface area (Å²) in [6.45, 7) is 25.5. The number of unbranched alkanes of at least 4 members (excludes halogenated alkanes) is 22. The molecule has 0 aromatic carbocycles. The number of carbonyl (C=O) groups excluding carboxylic acids is 2. The average molecular weight is 1020 g/mol. The van der Waals surface area contributed by atoms with Crippen LogP contribution >= 0.6 is 23.5 Å². The second-order valence-electron chi connectivity index (χ2n) is 23.7. The van der Waals surface area contributed by atoms with Gasteiger partial charge in [-0.2, -0.15) is 0 Å². The molecular formula is C60H110N2O6S2. The zero-order valence-electron chi connectivity index (χ0n) is 47.5. The van der Waals surface area contributed by atoms with Crippen LogP contribution in [0.4, 0.5) is 0 Å². The number of hydrogen-bond acceptors (Lipinski definition) is 6.